The van der Waals surface area contributed by atoms with Crippen molar-refractivity contribution in [2.45, 2.75) is 64.6 Å². The number of fused-ring (bicyclic) bond motifs is 1. The number of likely N-dealkylation sites (tertiary alicyclic amines) is 1. The molecule has 0 bridgehead atoms. The summed E-state index contributed by atoms with van der Waals surface area (Å²) in [5.74, 6) is 1.38. The second-order valence-electron chi connectivity index (χ2n) is 9.30. The van der Waals surface area contributed by atoms with E-state index in [0.717, 1.165) is 25.7 Å². The van der Waals surface area contributed by atoms with Crippen LogP contribution in [0.15, 0.2) is 22.7 Å². The predicted octanol–water partition coefficient (Wildman–Crippen LogP) is 4.35. The van der Waals surface area contributed by atoms with E-state index < -0.39 is 11.7 Å². The molecular weight excluding hydrogens is 400 g/mol. The van der Waals surface area contributed by atoms with Crippen LogP contribution in [0.25, 0.3) is 11.0 Å². The summed E-state index contributed by atoms with van der Waals surface area (Å²) in [6.07, 6.45) is 3.13. The number of Topliss-reactive ketones (excluding diaryl/α,β-unsaturated/α-hetero) is 1. The van der Waals surface area contributed by atoms with Crippen LogP contribution in [0.2, 0.25) is 0 Å². The Morgan fingerprint density at radius 1 is 1.23 bits per heavy atom. The van der Waals surface area contributed by atoms with Crippen LogP contribution in [0.1, 0.15) is 52.9 Å². The molecule has 1 aromatic carbocycles. The molecule has 31 heavy (non-hydrogen) atoms. The van der Waals surface area contributed by atoms with Crippen LogP contribution in [0.4, 0.5) is 4.79 Å². The largest absolute Gasteiger partial charge is 0.482 e. The van der Waals surface area contributed by atoms with Crippen LogP contribution in [-0.4, -0.2) is 53.3 Å². The Balaban J connectivity index is 1.36. The Morgan fingerprint density at radius 3 is 2.68 bits per heavy atom. The first-order valence-corrected chi connectivity index (χ1v) is 11.0. The zero-order chi connectivity index (χ0) is 22.0. The maximum absolute atomic E-state index is 12.2. The molecule has 1 aliphatic heterocycles. The molecule has 2 heterocycles. The summed E-state index contributed by atoms with van der Waals surface area (Å²) in [5, 5.41) is 4.73. The second-order valence-corrected chi connectivity index (χ2v) is 9.30. The number of hydrogen-bond donors (Lipinski definition) is 0. The SMILES string of the molecule is CC(C)(C)OC(=O)N1CCC(COc2noc3cccc(OC4CCCC4=O)c23)CC1. The van der Waals surface area contributed by atoms with E-state index in [1.165, 1.54) is 0 Å². The molecule has 1 saturated heterocycles. The number of rotatable bonds is 5. The van der Waals surface area contributed by atoms with Gasteiger partial charge in [0.1, 0.15) is 16.7 Å². The van der Waals surface area contributed by atoms with Crippen LogP contribution in [0.3, 0.4) is 0 Å². The first kappa shape index (κ1) is 21.5. The minimum Gasteiger partial charge on any atom is -0.482 e. The Hall–Kier alpha value is -2.77. The van der Waals surface area contributed by atoms with Crippen LogP contribution in [0.5, 0.6) is 11.6 Å². The lowest BCUT2D eigenvalue weighted by Gasteiger charge is -2.33. The van der Waals surface area contributed by atoms with Gasteiger partial charge in [-0.1, -0.05) is 6.07 Å². The van der Waals surface area contributed by atoms with Crippen LogP contribution in [-0.2, 0) is 9.53 Å². The average Bonchev–Trinajstić information content (AvgIpc) is 3.32. The maximum Gasteiger partial charge on any atom is 0.410 e. The third-order valence-electron chi connectivity index (χ3n) is 5.67. The van der Waals surface area contributed by atoms with Crippen LogP contribution in [0, 0.1) is 5.92 Å². The summed E-state index contributed by atoms with van der Waals surface area (Å²) in [6, 6.07) is 5.44. The summed E-state index contributed by atoms with van der Waals surface area (Å²) < 4.78 is 22.8. The van der Waals surface area contributed by atoms with Gasteiger partial charge < -0.3 is 23.6 Å². The molecule has 2 aromatic rings. The van der Waals surface area contributed by atoms with Gasteiger partial charge in [-0.25, -0.2) is 4.79 Å². The topological polar surface area (TPSA) is 91.1 Å². The fraction of sp³-hybridized carbons (Fsp3) is 0.609. The van der Waals surface area contributed by atoms with Gasteiger partial charge in [-0.05, 0) is 69.7 Å². The van der Waals surface area contributed by atoms with Gasteiger partial charge in [0.25, 0.3) is 5.88 Å². The highest BCUT2D eigenvalue weighted by molar-refractivity contribution is 5.90. The predicted molar refractivity (Wildman–Crippen MR) is 113 cm³/mol. The zero-order valence-electron chi connectivity index (χ0n) is 18.4. The van der Waals surface area contributed by atoms with E-state index in [1.807, 2.05) is 32.9 Å². The van der Waals surface area contributed by atoms with E-state index in [9.17, 15) is 9.59 Å². The van der Waals surface area contributed by atoms with Crippen LogP contribution >= 0.6 is 0 Å². The molecule has 8 nitrogen and oxygen atoms in total. The number of amides is 1. The van der Waals surface area contributed by atoms with Crippen molar-refractivity contribution in [2.24, 2.45) is 5.92 Å². The molecule has 2 aliphatic rings. The molecule has 0 spiro atoms. The van der Waals surface area contributed by atoms with Crippen molar-refractivity contribution in [1.82, 2.24) is 10.1 Å². The van der Waals surface area contributed by atoms with E-state index in [-0.39, 0.29) is 11.9 Å². The number of benzene rings is 1. The molecular formula is C23H30N2O6. The molecule has 8 heteroatoms. The monoisotopic (exact) mass is 430 g/mol. The number of carbonyl (C=O) groups excluding carboxylic acids is 2. The number of carbonyl (C=O) groups is 2. The lowest BCUT2D eigenvalue weighted by atomic mass is 9.98. The Labute approximate surface area is 181 Å². The number of ether oxygens (including phenoxy) is 3. The Kier molecular flexibility index (Phi) is 6.07. The van der Waals surface area contributed by atoms with Crippen molar-refractivity contribution in [2.75, 3.05) is 19.7 Å². The van der Waals surface area contributed by atoms with Crippen molar-refractivity contribution < 1.29 is 28.3 Å². The first-order chi connectivity index (χ1) is 14.8. The Morgan fingerprint density at radius 2 is 2.00 bits per heavy atom. The molecule has 1 aromatic heterocycles. The van der Waals surface area contributed by atoms with Crippen LogP contribution < -0.4 is 9.47 Å². The van der Waals surface area contributed by atoms with Gasteiger partial charge in [0, 0.05) is 19.5 Å². The first-order valence-electron chi connectivity index (χ1n) is 11.0. The Bertz CT molecular complexity index is 939. The highest BCUT2D eigenvalue weighted by Crippen LogP contribution is 2.36. The van der Waals surface area contributed by atoms with Crippen molar-refractivity contribution in [3.8, 4) is 11.6 Å². The molecule has 4 rings (SSSR count). The number of aromatic nitrogens is 1. The van der Waals surface area contributed by atoms with E-state index >= 15 is 0 Å². The van der Waals surface area contributed by atoms with Crippen molar-refractivity contribution in [1.29, 1.82) is 0 Å². The summed E-state index contributed by atoms with van der Waals surface area (Å²) in [4.78, 5) is 26.0. The molecule has 0 N–H and O–H groups in total. The standard InChI is InChI=1S/C23H30N2O6/c1-23(2,3)30-22(27)25-12-10-15(11-13-25)14-28-21-20-18(8-5-9-19(20)31-24-21)29-17-7-4-6-16(17)26/h5,8-9,15,17H,4,6-7,10-14H2,1-3H3. The smallest absolute Gasteiger partial charge is 0.410 e. The minimum atomic E-state index is -0.492. The second kappa shape index (κ2) is 8.77. The molecule has 1 unspecified atom stereocenters. The number of hydrogen-bond acceptors (Lipinski definition) is 7. The third-order valence-corrected chi connectivity index (χ3v) is 5.67. The lowest BCUT2D eigenvalue weighted by Crippen LogP contribution is -2.42. The fourth-order valence-corrected chi connectivity index (χ4v) is 4.00. The van der Waals surface area contributed by atoms with Gasteiger partial charge in [-0.15, -0.1) is 0 Å². The molecule has 2 fully saturated rings. The van der Waals surface area contributed by atoms with E-state index in [0.29, 0.717) is 54.6 Å². The summed E-state index contributed by atoms with van der Waals surface area (Å²) in [7, 11) is 0. The highest BCUT2D eigenvalue weighted by Gasteiger charge is 2.29. The molecule has 168 valence electrons. The van der Waals surface area contributed by atoms with E-state index in [4.69, 9.17) is 18.7 Å². The fourth-order valence-electron chi connectivity index (χ4n) is 4.00. The minimum absolute atomic E-state index is 0.132. The number of nitrogens with zero attached hydrogens (tertiary/aromatic N) is 2. The zero-order valence-corrected chi connectivity index (χ0v) is 18.4. The van der Waals surface area contributed by atoms with Gasteiger partial charge in [0.2, 0.25) is 0 Å². The molecule has 1 amide bonds. The quantitative estimate of drug-likeness (QED) is 0.696. The number of piperidine rings is 1. The molecule has 1 saturated carbocycles. The molecule has 1 aliphatic carbocycles. The lowest BCUT2D eigenvalue weighted by molar-refractivity contribution is -0.123. The van der Waals surface area contributed by atoms with E-state index in [2.05, 4.69) is 5.16 Å². The molecule has 1 atom stereocenters. The third kappa shape index (κ3) is 5.11. The van der Waals surface area contributed by atoms with E-state index in [1.54, 1.807) is 11.0 Å². The van der Waals surface area contributed by atoms with Crippen molar-refractivity contribution in [3.05, 3.63) is 18.2 Å². The van der Waals surface area contributed by atoms with Gasteiger partial charge in [0.05, 0.1) is 6.61 Å². The normalized spacial score (nSPS) is 20.3. The number of ketones is 1. The van der Waals surface area contributed by atoms with Crippen molar-refractivity contribution >= 4 is 22.8 Å². The van der Waals surface area contributed by atoms with Gasteiger partial charge >= 0.3 is 6.09 Å². The average molecular weight is 431 g/mol. The highest BCUT2D eigenvalue weighted by atomic mass is 16.6. The summed E-state index contributed by atoms with van der Waals surface area (Å²) in [5.41, 5.74) is 0.0752. The van der Waals surface area contributed by atoms with Gasteiger partial charge in [-0.2, -0.15) is 0 Å². The van der Waals surface area contributed by atoms with Gasteiger partial charge in [-0.3, -0.25) is 4.79 Å². The summed E-state index contributed by atoms with van der Waals surface area (Å²) in [6.45, 7) is 7.36. The van der Waals surface area contributed by atoms with Gasteiger partial charge in [0.15, 0.2) is 17.5 Å². The maximum atomic E-state index is 12.2. The van der Waals surface area contributed by atoms with Crippen molar-refractivity contribution in [3.63, 3.8) is 0 Å². The summed E-state index contributed by atoms with van der Waals surface area (Å²) >= 11 is 0. The molecule has 0 radical (unpaired) electrons.